The number of aromatic hydroxyl groups is 1. The zero-order valence-corrected chi connectivity index (χ0v) is 19.2. The highest BCUT2D eigenvalue weighted by molar-refractivity contribution is 9.10. The Morgan fingerprint density at radius 1 is 1.00 bits per heavy atom. The Labute approximate surface area is 194 Å². The largest absolute Gasteiger partial charge is 0.506 e. The van der Waals surface area contributed by atoms with Crippen LogP contribution in [-0.4, -0.2) is 10.9 Å². The molecule has 0 aliphatic rings. The number of aryl methyl sites for hydroxylation is 1. The number of allylic oxidation sites excluding steroid dienone is 1. The van der Waals surface area contributed by atoms with E-state index in [2.05, 4.69) is 15.9 Å². The molecule has 2 nitrogen and oxygen atoms in total. The highest BCUT2D eigenvalue weighted by Gasteiger charge is 2.11. The van der Waals surface area contributed by atoms with Crippen LogP contribution in [0, 0.1) is 6.92 Å². The lowest BCUT2D eigenvalue weighted by Crippen LogP contribution is -1.97. The molecule has 0 aromatic heterocycles. The standard InChI is InChI=1S/C27H20BrClO2/c1-17-10-12-23(22-8-4-3-7-21(17)22)26(30)13-11-20-15-18(16-24(28)27(20)31)14-19-6-2-5-9-25(19)29/h2-13,15-16,31H,14H2,1H3/b13-11+. The molecule has 31 heavy (non-hydrogen) atoms. The van der Waals surface area contributed by atoms with Crippen molar-refractivity contribution in [3.05, 3.63) is 116 Å². The van der Waals surface area contributed by atoms with Gasteiger partial charge in [0.2, 0.25) is 0 Å². The van der Waals surface area contributed by atoms with Crippen molar-refractivity contribution in [3.63, 3.8) is 0 Å². The van der Waals surface area contributed by atoms with Crippen LogP contribution in [0.25, 0.3) is 16.8 Å². The van der Waals surface area contributed by atoms with E-state index in [0.717, 1.165) is 27.5 Å². The minimum atomic E-state index is -0.108. The lowest BCUT2D eigenvalue weighted by atomic mass is 9.97. The van der Waals surface area contributed by atoms with Crippen LogP contribution in [0.1, 0.15) is 32.6 Å². The number of phenolic OH excluding ortho intramolecular Hbond substituents is 1. The number of fused-ring (bicyclic) bond motifs is 1. The molecule has 1 N–H and O–H groups in total. The molecule has 0 amide bonds. The number of hydrogen-bond acceptors (Lipinski definition) is 2. The van der Waals surface area contributed by atoms with E-state index in [1.54, 1.807) is 6.08 Å². The summed E-state index contributed by atoms with van der Waals surface area (Å²) in [5, 5.41) is 13.2. The molecule has 0 atom stereocenters. The van der Waals surface area contributed by atoms with Gasteiger partial charge in [-0.25, -0.2) is 0 Å². The van der Waals surface area contributed by atoms with Gasteiger partial charge in [0.15, 0.2) is 5.78 Å². The Bertz CT molecular complexity index is 1320. The predicted molar refractivity (Wildman–Crippen MR) is 132 cm³/mol. The minimum Gasteiger partial charge on any atom is -0.506 e. The summed E-state index contributed by atoms with van der Waals surface area (Å²) in [6.45, 7) is 2.03. The van der Waals surface area contributed by atoms with Crippen molar-refractivity contribution in [3.8, 4) is 5.75 Å². The predicted octanol–water partition coefficient (Wildman–Crippen LogP) is 7.76. The van der Waals surface area contributed by atoms with Crippen LogP contribution < -0.4 is 0 Å². The van der Waals surface area contributed by atoms with Gasteiger partial charge in [0.25, 0.3) is 0 Å². The lowest BCUT2D eigenvalue weighted by Gasteiger charge is -2.09. The summed E-state index contributed by atoms with van der Waals surface area (Å²) in [4.78, 5) is 13.0. The molecule has 0 radical (unpaired) electrons. The van der Waals surface area contributed by atoms with E-state index in [9.17, 15) is 9.90 Å². The van der Waals surface area contributed by atoms with Gasteiger partial charge < -0.3 is 5.11 Å². The summed E-state index contributed by atoms with van der Waals surface area (Å²) >= 11 is 9.71. The average Bonchev–Trinajstić information content (AvgIpc) is 2.77. The first-order valence-corrected chi connectivity index (χ1v) is 11.1. The first kappa shape index (κ1) is 21.4. The quantitative estimate of drug-likeness (QED) is 0.229. The normalized spacial score (nSPS) is 11.3. The lowest BCUT2D eigenvalue weighted by molar-refractivity contribution is 0.104. The summed E-state index contributed by atoms with van der Waals surface area (Å²) < 4.78 is 0.574. The summed E-state index contributed by atoms with van der Waals surface area (Å²) in [5.74, 6) is -0.0102. The molecule has 0 fully saturated rings. The fraction of sp³-hybridized carbons (Fsp3) is 0.0741. The van der Waals surface area contributed by atoms with Gasteiger partial charge in [0.05, 0.1) is 4.47 Å². The third-order valence-corrected chi connectivity index (χ3v) is 6.30. The Balaban J connectivity index is 1.66. The third-order valence-electron chi connectivity index (χ3n) is 5.33. The molecule has 0 bridgehead atoms. The van der Waals surface area contributed by atoms with Gasteiger partial charge >= 0.3 is 0 Å². The van der Waals surface area contributed by atoms with Crippen molar-refractivity contribution in [2.24, 2.45) is 0 Å². The van der Waals surface area contributed by atoms with E-state index in [1.807, 2.05) is 79.7 Å². The molecule has 0 spiro atoms. The Hall–Kier alpha value is -2.88. The van der Waals surface area contributed by atoms with E-state index in [-0.39, 0.29) is 11.5 Å². The molecule has 154 valence electrons. The van der Waals surface area contributed by atoms with Gasteiger partial charge in [-0.05, 0) is 87.1 Å². The summed E-state index contributed by atoms with van der Waals surface area (Å²) in [6, 6.07) is 23.1. The molecule has 0 unspecified atom stereocenters. The fourth-order valence-corrected chi connectivity index (χ4v) is 4.41. The van der Waals surface area contributed by atoms with Crippen molar-refractivity contribution in [1.82, 2.24) is 0 Å². The molecular weight excluding hydrogens is 472 g/mol. The van der Waals surface area contributed by atoms with Crippen molar-refractivity contribution in [2.75, 3.05) is 0 Å². The van der Waals surface area contributed by atoms with Gasteiger partial charge in [-0.15, -0.1) is 0 Å². The molecule has 4 aromatic carbocycles. The number of hydrogen-bond donors (Lipinski definition) is 1. The molecule has 4 rings (SSSR count). The molecule has 0 aliphatic heterocycles. The van der Waals surface area contributed by atoms with Crippen LogP contribution in [0.4, 0.5) is 0 Å². The van der Waals surface area contributed by atoms with E-state index in [0.29, 0.717) is 27.0 Å². The van der Waals surface area contributed by atoms with Gasteiger partial charge in [0, 0.05) is 16.1 Å². The maximum Gasteiger partial charge on any atom is 0.186 e. The maximum atomic E-state index is 13.0. The molecule has 4 aromatic rings. The van der Waals surface area contributed by atoms with E-state index in [4.69, 9.17) is 11.6 Å². The molecule has 0 aliphatic carbocycles. The van der Waals surface area contributed by atoms with Crippen molar-refractivity contribution in [2.45, 2.75) is 13.3 Å². The van der Waals surface area contributed by atoms with Crippen LogP contribution in [-0.2, 0) is 6.42 Å². The Morgan fingerprint density at radius 2 is 1.71 bits per heavy atom. The van der Waals surface area contributed by atoms with Gasteiger partial charge in [0.1, 0.15) is 5.75 Å². The second-order valence-electron chi connectivity index (χ2n) is 7.46. The van der Waals surface area contributed by atoms with E-state index >= 15 is 0 Å². The van der Waals surface area contributed by atoms with Crippen LogP contribution in [0.3, 0.4) is 0 Å². The van der Waals surface area contributed by atoms with E-state index in [1.165, 1.54) is 6.08 Å². The number of carbonyl (C=O) groups is 1. The van der Waals surface area contributed by atoms with Crippen LogP contribution in [0.2, 0.25) is 5.02 Å². The Kier molecular flexibility index (Phi) is 6.26. The monoisotopic (exact) mass is 490 g/mol. The van der Waals surface area contributed by atoms with Crippen molar-refractivity contribution >= 4 is 50.2 Å². The smallest absolute Gasteiger partial charge is 0.186 e. The number of halogens is 2. The average molecular weight is 492 g/mol. The van der Waals surface area contributed by atoms with Crippen molar-refractivity contribution < 1.29 is 9.90 Å². The van der Waals surface area contributed by atoms with E-state index < -0.39 is 0 Å². The third kappa shape index (κ3) is 4.58. The first-order chi connectivity index (χ1) is 14.9. The van der Waals surface area contributed by atoms with Gasteiger partial charge in [-0.1, -0.05) is 66.2 Å². The number of rotatable bonds is 5. The molecule has 4 heteroatoms. The first-order valence-electron chi connectivity index (χ1n) is 9.89. The maximum absolute atomic E-state index is 13.0. The van der Waals surface area contributed by atoms with Crippen LogP contribution in [0.15, 0.2) is 83.3 Å². The Morgan fingerprint density at radius 3 is 2.48 bits per heavy atom. The SMILES string of the molecule is Cc1ccc(C(=O)/C=C/c2cc(Cc3ccccc3Cl)cc(Br)c2O)c2ccccc12. The summed E-state index contributed by atoms with van der Waals surface area (Å²) in [5.41, 5.74) is 4.32. The number of carbonyl (C=O) groups excluding carboxylic acids is 1. The number of ketones is 1. The number of benzene rings is 4. The molecular formula is C27H20BrClO2. The second kappa shape index (κ2) is 9.09. The highest BCUT2D eigenvalue weighted by atomic mass is 79.9. The molecule has 0 saturated carbocycles. The zero-order chi connectivity index (χ0) is 22.0. The topological polar surface area (TPSA) is 37.3 Å². The van der Waals surface area contributed by atoms with Gasteiger partial charge in [-0.2, -0.15) is 0 Å². The zero-order valence-electron chi connectivity index (χ0n) is 16.9. The molecule has 0 heterocycles. The van der Waals surface area contributed by atoms with Crippen molar-refractivity contribution in [1.29, 1.82) is 0 Å². The highest BCUT2D eigenvalue weighted by Crippen LogP contribution is 2.32. The second-order valence-corrected chi connectivity index (χ2v) is 8.72. The molecule has 0 saturated heterocycles. The summed E-state index contributed by atoms with van der Waals surface area (Å²) in [7, 11) is 0. The number of phenols is 1. The van der Waals surface area contributed by atoms with Crippen LogP contribution in [0.5, 0.6) is 5.75 Å². The van der Waals surface area contributed by atoms with Gasteiger partial charge in [-0.3, -0.25) is 4.79 Å². The minimum absolute atomic E-state index is 0.0979. The summed E-state index contributed by atoms with van der Waals surface area (Å²) in [6.07, 6.45) is 3.79. The fourth-order valence-electron chi connectivity index (χ4n) is 3.69. The van der Waals surface area contributed by atoms with Crippen LogP contribution >= 0.6 is 27.5 Å².